The van der Waals surface area contributed by atoms with E-state index >= 15 is 0 Å². The summed E-state index contributed by atoms with van der Waals surface area (Å²) in [4.78, 5) is 24.8. The van der Waals surface area contributed by atoms with Gasteiger partial charge in [0.15, 0.2) is 11.5 Å². The van der Waals surface area contributed by atoms with Crippen LogP contribution in [0.1, 0.15) is 58.9 Å². The van der Waals surface area contributed by atoms with Crippen molar-refractivity contribution in [2.24, 2.45) is 0 Å². The Bertz CT molecular complexity index is 1070. The minimum absolute atomic E-state index is 0.0226. The highest BCUT2D eigenvalue weighted by atomic mass is 35.5. The predicted octanol–water partition coefficient (Wildman–Crippen LogP) is 4.04. The molecule has 9 heteroatoms. The van der Waals surface area contributed by atoms with Crippen LogP contribution in [-0.4, -0.2) is 37.5 Å². The van der Waals surface area contributed by atoms with Gasteiger partial charge in [0, 0.05) is 37.2 Å². The quantitative estimate of drug-likeness (QED) is 0.733. The van der Waals surface area contributed by atoms with Crippen LogP contribution in [0.25, 0.3) is 0 Å². The molecule has 0 fully saturated rings. The Morgan fingerprint density at radius 3 is 2.55 bits per heavy atom. The monoisotopic (exact) mass is 438 g/mol. The number of ketones is 1. The van der Waals surface area contributed by atoms with Crippen LogP contribution in [-0.2, 0) is 16.4 Å². The van der Waals surface area contributed by atoms with Crippen LogP contribution in [0.4, 0.5) is 5.69 Å². The largest absolute Gasteiger partial charge is 0.455 e. The number of fused-ring (bicyclic) bond motifs is 1. The van der Waals surface area contributed by atoms with E-state index < -0.39 is 15.9 Å². The molecule has 0 radical (unpaired) electrons. The first-order valence-corrected chi connectivity index (χ1v) is 11.3. The Morgan fingerprint density at radius 1 is 1.24 bits per heavy atom. The van der Waals surface area contributed by atoms with Gasteiger partial charge in [-0.05, 0) is 31.5 Å². The summed E-state index contributed by atoms with van der Waals surface area (Å²) in [6.45, 7) is 5.76. The fourth-order valence-corrected chi connectivity index (χ4v) is 5.49. The van der Waals surface area contributed by atoms with Crippen molar-refractivity contribution in [1.82, 2.24) is 4.31 Å². The van der Waals surface area contributed by atoms with E-state index in [1.54, 1.807) is 20.8 Å². The second-order valence-corrected chi connectivity index (χ2v) is 9.13. The van der Waals surface area contributed by atoms with E-state index in [9.17, 15) is 18.0 Å². The topological polar surface area (TPSA) is 96.7 Å². The first-order chi connectivity index (χ1) is 13.7. The molecule has 1 aliphatic rings. The Labute approximate surface area is 175 Å². The number of hydrogen-bond acceptors (Lipinski definition) is 5. The van der Waals surface area contributed by atoms with E-state index in [0.717, 1.165) is 0 Å². The number of amides is 1. The van der Waals surface area contributed by atoms with Gasteiger partial charge in [-0.25, -0.2) is 8.42 Å². The highest BCUT2D eigenvalue weighted by molar-refractivity contribution is 7.89. The number of Topliss-reactive ketones (excluding diaryl/α,β-unsaturated/α-hetero) is 1. The van der Waals surface area contributed by atoms with Crippen LogP contribution in [0, 0.1) is 6.92 Å². The second-order valence-electron chi connectivity index (χ2n) is 6.82. The van der Waals surface area contributed by atoms with Gasteiger partial charge in [-0.3, -0.25) is 9.59 Å². The van der Waals surface area contributed by atoms with E-state index in [-0.39, 0.29) is 27.1 Å². The van der Waals surface area contributed by atoms with Gasteiger partial charge in [0.1, 0.15) is 10.7 Å². The predicted molar refractivity (Wildman–Crippen MR) is 110 cm³/mol. The fourth-order valence-electron chi connectivity index (χ4n) is 3.53. The van der Waals surface area contributed by atoms with Gasteiger partial charge in [0.05, 0.1) is 10.6 Å². The van der Waals surface area contributed by atoms with Crippen LogP contribution >= 0.6 is 11.6 Å². The normalized spacial score (nSPS) is 14.2. The summed E-state index contributed by atoms with van der Waals surface area (Å²) in [5, 5.41) is 2.73. The molecule has 156 valence electrons. The number of sulfonamides is 1. The smallest absolute Gasteiger partial charge is 0.291 e. The molecule has 1 aromatic heterocycles. The molecule has 0 aliphatic heterocycles. The van der Waals surface area contributed by atoms with Gasteiger partial charge < -0.3 is 9.73 Å². The van der Waals surface area contributed by atoms with Crippen LogP contribution < -0.4 is 5.32 Å². The van der Waals surface area contributed by atoms with Crippen LogP contribution in [0.5, 0.6) is 0 Å². The summed E-state index contributed by atoms with van der Waals surface area (Å²) in [6, 6.07) is 4.28. The maximum atomic E-state index is 12.8. The number of carbonyl (C=O) groups is 2. The number of nitrogens with zero attached hydrogens (tertiary/aromatic N) is 1. The lowest BCUT2D eigenvalue weighted by Gasteiger charge is -2.19. The summed E-state index contributed by atoms with van der Waals surface area (Å²) in [5.41, 5.74) is 1.26. The Morgan fingerprint density at radius 2 is 1.93 bits per heavy atom. The number of hydrogen-bond donors (Lipinski definition) is 1. The van der Waals surface area contributed by atoms with Crippen molar-refractivity contribution in [1.29, 1.82) is 0 Å². The minimum Gasteiger partial charge on any atom is -0.455 e. The van der Waals surface area contributed by atoms with Crippen molar-refractivity contribution in [2.45, 2.75) is 44.9 Å². The summed E-state index contributed by atoms with van der Waals surface area (Å²) in [5.74, 6) is 0.0296. The fraction of sp³-hybridized carbons (Fsp3) is 0.400. The number of anilines is 1. The second kappa shape index (κ2) is 8.30. The Balaban J connectivity index is 1.92. The zero-order valence-electron chi connectivity index (χ0n) is 16.5. The summed E-state index contributed by atoms with van der Waals surface area (Å²) >= 11 is 6.13. The van der Waals surface area contributed by atoms with Crippen molar-refractivity contribution in [2.75, 3.05) is 18.4 Å². The van der Waals surface area contributed by atoms with Crippen LogP contribution in [0.15, 0.2) is 27.5 Å². The average molecular weight is 439 g/mol. The standard InChI is InChI=1S/C20H23ClN2O5S/c1-4-23(5-2)29(26,27)17-11-13(9-10-14(17)21)22-20(25)19-12(3)18-15(24)7-6-8-16(18)28-19/h9-11H,4-8H2,1-3H3,(H,22,25). The molecule has 1 aliphatic carbocycles. The van der Waals surface area contributed by atoms with Crippen molar-refractivity contribution in [3.63, 3.8) is 0 Å². The lowest BCUT2D eigenvalue weighted by atomic mass is 9.94. The third-order valence-electron chi connectivity index (χ3n) is 5.02. The number of aryl methyl sites for hydroxylation is 1. The summed E-state index contributed by atoms with van der Waals surface area (Å²) in [7, 11) is -3.79. The van der Waals surface area contributed by atoms with Crippen LogP contribution in [0.3, 0.4) is 0 Å². The average Bonchev–Trinajstić information content (AvgIpc) is 3.02. The molecule has 1 N–H and O–H groups in total. The first-order valence-electron chi connectivity index (χ1n) is 9.47. The number of nitrogens with one attached hydrogen (secondary N) is 1. The first kappa shape index (κ1) is 21.5. The van der Waals surface area contributed by atoms with Crippen molar-refractivity contribution in [3.05, 3.63) is 45.9 Å². The molecule has 0 bridgehead atoms. The van der Waals surface area contributed by atoms with E-state index in [4.69, 9.17) is 16.0 Å². The summed E-state index contributed by atoms with van der Waals surface area (Å²) < 4.78 is 32.6. The number of rotatable bonds is 6. The van der Waals surface area contributed by atoms with Crippen molar-refractivity contribution in [3.8, 4) is 0 Å². The number of halogens is 1. The van der Waals surface area contributed by atoms with E-state index in [2.05, 4.69) is 5.32 Å². The van der Waals surface area contributed by atoms with Gasteiger partial charge in [-0.1, -0.05) is 25.4 Å². The molecule has 0 saturated carbocycles. The molecule has 7 nitrogen and oxygen atoms in total. The Hall–Kier alpha value is -2.16. The van der Waals surface area contributed by atoms with Gasteiger partial charge in [-0.2, -0.15) is 4.31 Å². The lowest BCUT2D eigenvalue weighted by molar-refractivity contribution is 0.0963. The zero-order chi connectivity index (χ0) is 21.3. The van der Waals surface area contributed by atoms with E-state index in [1.165, 1.54) is 22.5 Å². The highest BCUT2D eigenvalue weighted by Gasteiger charge is 2.29. The number of benzene rings is 1. The molecule has 0 saturated heterocycles. The van der Waals surface area contributed by atoms with Gasteiger partial charge in [0.25, 0.3) is 5.91 Å². The van der Waals surface area contributed by atoms with E-state index in [0.29, 0.717) is 49.2 Å². The third-order valence-corrected chi connectivity index (χ3v) is 7.56. The molecule has 1 aromatic carbocycles. The SMILES string of the molecule is CCN(CC)S(=O)(=O)c1cc(NC(=O)c2oc3c(c2C)C(=O)CCC3)ccc1Cl. The molecule has 0 spiro atoms. The maximum absolute atomic E-state index is 12.8. The van der Waals surface area contributed by atoms with Crippen LogP contribution in [0.2, 0.25) is 5.02 Å². The van der Waals surface area contributed by atoms with Gasteiger partial charge >= 0.3 is 0 Å². The maximum Gasteiger partial charge on any atom is 0.291 e. The van der Waals surface area contributed by atoms with Crippen molar-refractivity contribution >= 4 is 39.0 Å². The van der Waals surface area contributed by atoms with Gasteiger partial charge in [0.2, 0.25) is 10.0 Å². The molecular weight excluding hydrogens is 416 g/mol. The van der Waals surface area contributed by atoms with Crippen molar-refractivity contribution < 1.29 is 22.4 Å². The molecule has 1 amide bonds. The molecule has 3 rings (SSSR count). The Kier molecular flexibility index (Phi) is 6.16. The summed E-state index contributed by atoms with van der Waals surface area (Å²) in [6.07, 6.45) is 1.75. The molecular formula is C20H23ClN2O5S. The number of furan rings is 1. The lowest BCUT2D eigenvalue weighted by Crippen LogP contribution is -2.30. The molecule has 0 unspecified atom stereocenters. The zero-order valence-corrected chi connectivity index (χ0v) is 18.1. The molecule has 2 aromatic rings. The minimum atomic E-state index is -3.79. The third kappa shape index (κ3) is 3.97. The number of carbonyl (C=O) groups excluding carboxylic acids is 2. The molecule has 1 heterocycles. The molecule has 29 heavy (non-hydrogen) atoms. The van der Waals surface area contributed by atoms with E-state index in [1.807, 2.05) is 0 Å². The highest BCUT2D eigenvalue weighted by Crippen LogP contribution is 2.31. The van der Waals surface area contributed by atoms with Gasteiger partial charge in [-0.15, -0.1) is 0 Å². The molecule has 0 atom stereocenters.